The topological polar surface area (TPSA) is 26.0 Å². The van der Waals surface area contributed by atoms with Gasteiger partial charge in [-0.25, -0.2) is 4.98 Å². The number of alkyl halides is 1. The summed E-state index contributed by atoms with van der Waals surface area (Å²) in [4.78, 5) is 4.13. The van der Waals surface area contributed by atoms with Gasteiger partial charge in [0, 0.05) is 5.57 Å². The van der Waals surface area contributed by atoms with E-state index in [1.54, 1.807) is 18.2 Å². The molecule has 0 spiro atoms. The lowest BCUT2D eigenvalue weighted by Crippen LogP contribution is -1.81. The van der Waals surface area contributed by atoms with Gasteiger partial charge >= 0.3 is 0 Å². The van der Waals surface area contributed by atoms with Gasteiger partial charge in [0.05, 0.1) is 11.6 Å². The first-order valence-electron chi connectivity index (χ1n) is 3.77. The number of oxazole rings is 1. The molecule has 3 heteroatoms. The van der Waals surface area contributed by atoms with Crippen molar-refractivity contribution in [2.45, 2.75) is 5.88 Å². The van der Waals surface area contributed by atoms with Crippen LogP contribution in [-0.2, 0) is 5.88 Å². The number of allylic oxidation sites excluding steroid dienone is 4. The van der Waals surface area contributed by atoms with Gasteiger partial charge in [-0.1, -0.05) is 31.4 Å². The number of aromatic nitrogens is 1. The monoisotopic (exact) mass is 195 g/mol. The van der Waals surface area contributed by atoms with Crippen molar-refractivity contribution in [2.75, 3.05) is 0 Å². The highest BCUT2D eigenvalue weighted by molar-refractivity contribution is 6.16. The number of rotatable bonds is 4. The molecule has 0 aliphatic rings. The van der Waals surface area contributed by atoms with E-state index in [-0.39, 0.29) is 0 Å². The molecule has 0 amide bonds. The van der Waals surface area contributed by atoms with Crippen molar-refractivity contribution in [2.24, 2.45) is 0 Å². The summed E-state index contributed by atoms with van der Waals surface area (Å²) in [6, 6.07) is 0. The van der Waals surface area contributed by atoms with E-state index in [2.05, 4.69) is 18.1 Å². The summed E-state index contributed by atoms with van der Waals surface area (Å²) in [6.07, 6.45) is 6.62. The Hall–Kier alpha value is -1.28. The fraction of sp³-hybridized carbons (Fsp3) is 0.100. The zero-order chi connectivity index (χ0) is 9.68. The quantitative estimate of drug-likeness (QED) is 0.545. The molecule has 1 heterocycles. The molecule has 1 aromatic heterocycles. The number of hydrogen-bond donors (Lipinski definition) is 0. The maximum absolute atomic E-state index is 5.58. The zero-order valence-corrected chi connectivity index (χ0v) is 7.92. The molecule has 13 heavy (non-hydrogen) atoms. The maximum atomic E-state index is 5.58. The van der Waals surface area contributed by atoms with Gasteiger partial charge in [-0.3, -0.25) is 0 Å². The highest BCUT2D eigenvalue weighted by Crippen LogP contribution is 2.15. The van der Waals surface area contributed by atoms with E-state index in [9.17, 15) is 0 Å². The predicted octanol–water partition coefficient (Wildman–Crippen LogP) is 3.17. The summed E-state index contributed by atoms with van der Waals surface area (Å²) in [5.74, 6) is 0.868. The first-order chi connectivity index (χ1) is 6.31. The Labute approximate surface area is 82.2 Å². The van der Waals surface area contributed by atoms with Gasteiger partial charge < -0.3 is 4.42 Å². The fourth-order valence-electron chi connectivity index (χ4n) is 0.855. The zero-order valence-electron chi connectivity index (χ0n) is 7.16. The molecule has 0 fully saturated rings. The van der Waals surface area contributed by atoms with E-state index < -0.39 is 0 Å². The van der Waals surface area contributed by atoms with Crippen LogP contribution in [-0.4, -0.2) is 4.98 Å². The summed E-state index contributed by atoms with van der Waals surface area (Å²) in [5.41, 5.74) is 1.51. The van der Waals surface area contributed by atoms with Gasteiger partial charge in [0.25, 0.3) is 0 Å². The van der Waals surface area contributed by atoms with Gasteiger partial charge in [0.1, 0.15) is 6.26 Å². The normalized spacial score (nSPS) is 11.3. The van der Waals surface area contributed by atoms with E-state index in [4.69, 9.17) is 16.0 Å². The van der Waals surface area contributed by atoms with Crippen molar-refractivity contribution in [1.29, 1.82) is 0 Å². The lowest BCUT2D eigenvalue weighted by atomic mass is 10.2. The lowest BCUT2D eigenvalue weighted by Gasteiger charge is -1.91. The molecule has 0 aliphatic carbocycles. The van der Waals surface area contributed by atoms with Crippen LogP contribution in [0.1, 0.15) is 11.6 Å². The molecule has 0 aliphatic heterocycles. The second-order valence-corrected chi connectivity index (χ2v) is 2.61. The minimum atomic E-state index is 0.349. The number of hydrogen-bond acceptors (Lipinski definition) is 2. The summed E-state index contributed by atoms with van der Waals surface area (Å²) in [7, 11) is 0. The standard InChI is InChI=1S/C10H10ClNO/c1-3-5-8(4-2)10-12-9(6-11)7-13-10/h3-5,7H,1-2,6H2/b8-5+. The SMILES string of the molecule is C=C/C=C(\C=C)c1nc(CCl)co1. The van der Waals surface area contributed by atoms with Crippen LogP contribution in [0, 0.1) is 0 Å². The molecule has 0 saturated carbocycles. The molecule has 0 aromatic carbocycles. The van der Waals surface area contributed by atoms with Crippen LogP contribution < -0.4 is 0 Å². The van der Waals surface area contributed by atoms with Crippen LogP contribution in [0.4, 0.5) is 0 Å². The van der Waals surface area contributed by atoms with Crippen LogP contribution in [0.2, 0.25) is 0 Å². The highest BCUT2D eigenvalue weighted by Gasteiger charge is 2.04. The van der Waals surface area contributed by atoms with Crippen LogP contribution in [0.3, 0.4) is 0 Å². The van der Waals surface area contributed by atoms with Crippen LogP contribution in [0.25, 0.3) is 5.57 Å². The molecule has 2 nitrogen and oxygen atoms in total. The average molecular weight is 196 g/mol. The van der Waals surface area contributed by atoms with Crippen molar-refractivity contribution in [3.8, 4) is 0 Å². The van der Waals surface area contributed by atoms with E-state index in [0.29, 0.717) is 17.5 Å². The minimum absolute atomic E-state index is 0.349. The molecule has 0 atom stereocenters. The van der Waals surface area contributed by atoms with Gasteiger partial charge in [0.2, 0.25) is 5.89 Å². The fourth-order valence-corrected chi connectivity index (χ4v) is 0.977. The first kappa shape index (κ1) is 9.81. The largest absolute Gasteiger partial charge is 0.444 e. The molecule has 0 bridgehead atoms. The second-order valence-electron chi connectivity index (χ2n) is 2.34. The number of halogens is 1. The van der Waals surface area contributed by atoms with E-state index in [0.717, 1.165) is 5.57 Å². The van der Waals surface area contributed by atoms with Crippen molar-refractivity contribution < 1.29 is 4.42 Å². The Morgan fingerprint density at radius 1 is 1.62 bits per heavy atom. The summed E-state index contributed by atoms with van der Waals surface area (Å²) < 4.78 is 5.18. The second kappa shape index (κ2) is 4.67. The van der Waals surface area contributed by atoms with E-state index in [1.165, 1.54) is 6.26 Å². The third-order valence-electron chi connectivity index (χ3n) is 1.45. The van der Waals surface area contributed by atoms with Crippen molar-refractivity contribution in [1.82, 2.24) is 4.98 Å². The Kier molecular flexibility index (Phi) is 3.53. The molecular weight excluding hydrogens is 186 g/mol. The van der Waals surface area contributed by atoms with Crippen molar-refractivity contribution in [3.05, 3.63) is 49.2 Å². The van der Waals surface area contributed by atoms with Crippen LogP contribution in [0.5, 0.6) is 0 Å². The van der Waals surface area contributed by atoms with Gasteiger partial charge in [0.15, 0.2) is 0 Å². The van der Waals surface area contributed by atoms with Crippen LogP contribution >= 0.6 is 11.6 Å². The summed E-state index contributed by atoms with van der Waals surface area (Å²) in [5, 5.41) is 0. The Morgan fingerprint density at radius 3 is 2.85 bits per heavy atom. The van der Waals surface area contributed by atoms with Gasteiger partial charge in [-0.2, -0.15) is 0 Å². The molecule has 1 rings (SSSR count). The molecule has 1 aromatic rings. The molecule has 0 unspecified atom stereocenters. The summed E-state index contributed by atoms with van der Waals surface area (Å²) >= 11 is 5.58. The summed E-state index contributed by atoms with van der Waals surface area (Å²) in [6.45, 7) is 7.22. The van der Waals surface area contributed by atoms with E-state index >= 15 is 0 Å². The average Bonchev–Trinajstić information content (AvgIpc) is 2.62. The first-order valence-corrected chi connectivity index (χ1v) is 4.31. The maximum Gasteiger partial charge on any atom is 0.226 e. The van der Waals surface area contributed by atoms with Gasteiger partial charge in [-0.05, 0) is 0 Å². The molecule has 0 N–H and O–H groups in total. The lowest BCUT2D eigenvalue weighted by molar-refractivity contribution is 0.542. The molecule has 0 radical (unpaired) electrons. The van der Waals surface area contributed by atoms with Crippen LogP contribution in [0.15, 0.2) is 42.1 Å². The van der Waals surface area contributed by atoms with Gasteiger partial charge in [-0.15, -0.1) is 11.6 Å². The smallest absolute Gasteiger partial charge is 0.226 e. The predicted molar refractivity (Wildman–Crippen MR) is 54.4 cm³/mol. The minimum Gasteiger partial charge on any atom is -0.444 e. The highest BCUT2D eigenvalue weighted by atomic mass is 35.5. The Balaban J connectivity index is 2.98. The number of nitrogens with zero attached hydrogens (tertiary/aromatic N) is 1. The molecular formula is C10H10ClNO. The molecule has 68 valence electrons. The third-order valence-corrected chi connectivity index (χ3v) is 1.73. The van der Waals surface area contributed by atoms with Crippen molar-refractivity contribution >= 4 is 17.2 Å². The van der Waals surface area contributed by atoms with E-state index in [1.807, 2.05) is 0 Å². The Morgan fingerprint density at radius 2 is 2.38 bits per heavy atom. The Bertz CT molecular complexity index is 338. The third kappa shape index (κ3) is 2.33. The molecule has 0 saturated heterocycles. The van der Waals surface area contributed by atoms with Crippen molar-refractivity contribution in [3.63, 3.8) is 0 Å².